The fourth-order valence-corrected chi connectivity index (χ4v) is 3.72. The van der Waals surface area contributed by atoms with Gasteiger partial charge in [0.2, 0.25) is 0 Å². The van der Waals surface area contributed by atoms with Crippen molar-refractivity contribution in [3.63, 3.8) is 0 Å². The SMILES string of the molecule is Cn1cc(I)c(C(=O)N2CCN(Cc3ccc(F)cc3Cl)CC2)n1. The minimum Gasteiger partial charge on any atom is -0.335 e. The summed E-state index contributed by atoms with van der Waals surface area (Å²) in [6.45, 7) is 3.45. The van der Waals surface area contributed by atoms with E-state index in [0.29, 0.717) is 30.4 Å². The number of rotatable bonds is 3. The predicted octanol–water partition coefficient (Wildman–Crippen LogP) is 2.78. The number of halogens is 3. The van der Waals surface area contributed by atoms with Gasteiger partial charge in [-0.05, 0) is 40.3 Å². The van der Waals surface area contributed by atoms with Gasteiger partial charge in [0.25, 0.3) is 5.91 Å². The third kappa shape index (κ3) is 3.89. The standard InChI is InChI=1S/C16H17ClFIN4O/c1-21-10-14(19)15(20-21)16(24)23-6-4-22(5-7-23)9-11-2-3-12(18)8-13(11)17/h2-3,8,10H,4-7,9H2,1H3. The predicted molar refractivity (Wildman–Crippen MR) is 98.5 cm³/mol. The van der Waals surface area contributed by atoms with E-state index >= 15 is 0 Å². The number of piperazine rings is 1. The highest BCUT2D eigenvalue weighted by Crippen LogP contribution is 2.20. The first-order chi connectivity index (χ1) is 11.4. The fraction of sp³-hybridized carbons (Fsp3) is 0.375. The van der Waals surface area contributed by atoms with E-state index in [9.17, 15) is 9.18 Å². The Morgan fingerprint density at radius 3 is 2.62 bits per heavy atom. The molecule has 0 N–H and O–H groups in total. The van der Waals surface area contributed by atoms with Crippen molar-refractivity contribution in [3.8, 4) is 0 Å². The zero-order valence-corrected chi connectivity index (χ0v) is 16.1. The van der Waals surface area contributed by atoms with Crippen LogP contribution in [-0.4, -0.2) is 51.7 Å². The highest BCUT2D eigenvalue weighted by atomic mass is 127. The second-order valence-electron chi connectivity index (χ2n) is 5.80. The summed E-state index contributed by atoms with van der Waals surface area (Å²) in [7, 11) is 1.81. The Hall–Kier alpha value is -1.19. The first-order valence-corrected chi connectivity index (χ1v) is 9.04. The molecule has 8 heteroatoms. The second-order valence-corrected chi connectivity index (χ2v) is 7.37. The lowest BCUT2D eigenvalue weighted by molar-refractivity contribution is 0.0621. The number of aromatic nitrogens is 2. The molecular weight excluding hydrogens is 446 g/mol. The summed E-state index contributed by atoms with van der Waals surface area (Å²) in [5.41, 5.74) is 1.41. The van der Waals surface area contributed by atoms with Gasteiger partial charge in [-0.2, -0.15) is 5.10 Å². The van der Waals surface area contributed by atoms with Crippen LogP contribution in [0.15, 0.2) is 24.4 Å². The van der Waals surface area contributed by atoms with Crippen molar-refractivity contribution in [2.45, 2.75) is 6.54 Å². The molecule has 1 amide bonds. The van der Waals surface area contributed by atoms with Crippen LogP contribution in [0, 0.1) is 9.39 Å². The highest BCUT2D eigenvalue weighted by Gasteiger charge is 2.25. The molecule has 3 rings (SSSR count). The fourth-order valence-electron chi connectivity index (χ4n) is 2.75. The van der Waals surface area contributed by atoms with Crippen LogP contribution in [0.2, 0.25) is 5.02 Å². The lowest BCUT2D eigenvalue weighted by atomic mass is 10.2. The van der Waals surface area contributed by atoms with Crippen LogP contribution in [0.25, 0.3) is 0 Å². The third-order valence-corrected chi connectivity index (χ3v) is 5.20. The molecule has 2 heterocycles. The quantitative estimate of drug-likeness (QED) is 0.659. The van der Waals surface area contributed by atoms with Gasteiger partial charge >= 0.3 is 0 Å². The molecule has 0 aliphatic carbocycles. The molecule has 0 unspecified atom stereocenters. The minimum atomic E-state index is -0.330. The highest BCUT2D eigenvalue weighted by molar-refractivity contribution is 14.1. The number of nitrogens with zero attached hydrogens (tertiary/aromatic N) is 4. The summed E-state index contributed by atoms with van der Waals surface area (Å²) in [4.78, 5) is 16.6. The van der Waals surface area contributed by atoms with E-state index in [1.54, 1.807) is 10.7 Å². The van der Waals surface area contributed by atoms with Gasteiger partial charge < -0.3 is 4.90 Å². The second kappa shape index (κ2) is 7.37. The van der Waals surface area contributed by atoms with E-state index in [1.807, 2.05) is 18.1 Å². The Morgan fingerprint density at radius 1 is 1.33 bits per heavy atom. The van der Waals surface area contributed by atoms with Crippen molar-refractivity contribution >= 4 is 40.1 Å². The number of carbonyl (C=O) groups excluding carboxylic acids is 1. The van der Waals surface area contributed by atoms with E-state index in [1.165, 1.54) is 12.1 Å². The van der Waals surface area contributed by atoms with Gasteiger partial charge in [0.1, 0.15) is 5.82 Å². The van der Waals surface area contributed by atoms with Crippen LogP contribution in [0.4, 0.5) is 4.39 Å². The zero-order valence-electron chi connectivity index (χ0n) is 13.2. The van der Waals surface area contributed by atoms with Gasteiger partial charge in [0.05, 0.1) is 3.57 Å². The lowest BCUT2D eigenvalue weighted by Gasteiger charge is -2.34. The molecule has 2 aromatic rings. The maximum absolute atomic E-state index is 13.1. The van der Waals surface area contributed by atoms with Gasteiger partial charge in [-0.3, -0.25) is 14.4 Å². The van der Waals surface area contributed by atoms with Crippen molar-refractivity contribution < 1.29 is 9.18 Å². The van der Waals surface area contributed by atoms with Gasteiger partial charge in [0.15, 0.2) is 5.69 Å². The molecule has 0 saturated carbocycles. The molecule has 1 aromatic heterocycles. The molecule has 0 bridgehead atoms. The number of amides is 1. The van der Waals surface area contributed by atoms with Gasteiger partial charge in [-0.15, -0.1) is 0 Å². The van der Waals surface area contributed by atoms with E-state index in [-0.39, 0.29) is 11.7 Å². The lowest BCUT2D eigenvalue weighted by Crippen LogP contribution is -2.48. The average Bonchev–Trinajstić information content (AvgIpc) is 2.88. The smallest absolute Gasteiger partial charge is 0.275 e. The summed E-state index contributed by atoms with van der Waals surface area (Å²) < 4.78 is 15.6. The summed E-state index contributed by atoms with van der Waals surface area (Å²) in [6, 6.07) is 4.47. The Balaban J connectivity index is 1.59. The molecular formula is C16H17ClFIN4O. The van der Waals surface area contributed by atoms with Crippen molar-refractivity contribution in [3.05, 3.63) is 50.1 Å². The number of aryl methyl sites for hydroxylation is 1. The van der Waals surface area contributed by atoms with Gasteiger partial charge in [-0.25, -0.2) is 4.39 Å². The number of benzene rings is 1. The maximum atomic E-state index is 13.1. The van der Waals surface area contributed by atoms with Crippen LogP contribution in [0.5, 0.6) is 0 Å². The van der Waals surface area contributed by atoms with Crippen LogP contribution in [-0.2, 0) is 13.6 Å². The normalized spacial score (nSPS) is 15.8. The molecule has 1 aliphatic rings. The molecule has 24 heavy (non-hydrogen) atoms. The molecule has 0 atom stereocenters. The van der Waals surface area contributed by atoms with E-state index in [2.05, 4.69) is 32.6 Å². The number of hydrogen-bond donors (Lipinski definition) is 0. The van der Waals surface area contributed by atoms with Crippen molar-refractivity contribution in [2.75, 3.05) is 26.2 Å². The summed E-state index contributed by atoms with van der Waals surface area (Å²) in [6.07, 6.45) is 1.83. The molecule has 5 nitrogen and oxygen atoms in total. The van der Waals surface area contributed by atoms with Crippen molar-refractivity contribution in [2.24, 2.45) is 7.05 Å². The van der Waals surface area contributed by atoms with Crippen LogP contribution < -0.4 is 0 Å². The summed E-state index contributed by atoms with van der Waals surface area (Å²) >= 11 is 8.22. The molecule has 128 valence electrons. The molecule has 0 radical (unpaired) electrons. The van der Waals surface area contributed by atoms with E-state index in [0.717, 1.165) is 22.2 Å². The van der Waals surface area contributed by atoms with Crippen LogP contribution in [0.1, 0.15) is 16.1 Å². The average molecular weight is 463 g/mol. The zero-order chi connectivity index (χ0) is 17.3. The van der Waals surface area contributed by atoms with Gasteiger partial charge in [0, 0.05) is 51.0 Å². The Kier molecular flexibility index (Phi) is 5.41. The molecule has 1 saturated heterocycles. The van der Waals surface area contributed by atoms with Gasteiger partial charge in [-0.1, -0.05) is 17.7 Å². The first kappa shape index (κ1) is 17.6. The van der Waals surface area contributed by atoms with Crippen molar-refractivity contribution in [1.29, 1.82) is 0 Å². The molecule has 1 aliphatic heterocycles. The van der Waals surface area contributed by atoms with Crippen LogP contribution >= 0.6 is 34.2 Å². The molecule has 1 fully saturated rings. The summed E-state index contributed by atoms with van der Waals surface area (Å²) in [5.74, 6) is -0.358. The molecule has 1 aromatic carbocycles. The Bertz CT molecular complexity index is 759. The van der Waals surface area contributed by atoms with Crippen molar-refractivity contribution in [1.82, 2.24) is 19.6 Å². The third-order valence-electron chi connectivity index (χ3n) is 4.06. The number of carbonyl (C=O) groups is 1. The van der Waals surface area contributed by atoms with E-state index < -0.39 is 0 Å². The Labute approximate surface area is 158 Å². The maximum Gasteiger partial charge on any atom is 0.275 e. The Morgan fingerprint density at radius 2 is 2.04 bits per heavy atom. The first-order valence-electron chi connectivity index (χ1n) is 7.59. The minimum absolute atomic E-state index is 0.0283. The topological polar surface area (TPSA) is 41.4 Å². The molecule has 0 spiro atoms. The van der Waals surface area contributed by atoms with E-state index in [4.69, 9.17) is 11.6 Å². The van der Waals surface area contributed by atoms with Crippen LogP contribution in [0.3, 0.4) is 0 Å². The number of hydrogen-bond acceptors (Lipinski definition) is 3. The summed E-state index contributed by atoms with van der Waals surface area (Å²) in [5, 5.41) is 4.68. The largest absolute Gasteiger partial charge is 0.335 e. The monoisotopic (exact) mass is 462 g/mol.